The van der Waals surface area contributed by atoms with Gasteiger partial charge in [-0.05, 0) is 18.9 Å². The van der Waals surface area contributed by atoms with Gasteiger partial charge in [0.15, 0.2) is 5.82 Å². The summed E-state index contributed by atoms with van der Waals surface area (Å²) in [6, 6.07) is 1.98. The molecule has 20 heavy (non-hydrogen) atoms. The molecule has 4 rings (SSSR count). The monoisotopic (exact) mass is 269 g/mol. The van der Waals surface area contributed by atoms with Crippen molar-refractivity contribution in [2.75, 3.05) is 11.9 Å². The predicted octanol–water partition coefficient (Wildman–Crippen LogP) is 1.27. The molecule has 2 aliphatic rings. The fraction of sp³-hybridized carbons (Fsp3) is 0.429. The van der Waals surface area contributed by atoms with Gasteiger partial charge in [-0.1, -0.05) is 0 Å². The van der Waals surface area contributed by atoms with Crippen LogP contribution in [-0.2, 0) is 18.3 Å². The van der Waals surface area contributed by atoms with E-state index in [0.29, 0.717) is 18.2 Å². The first-order chi connectivity index (χ1) is 9.63. The van der Waals surface area contributed by atoms with Gasteiger partial charge in [-0.3, -0.25) is 14.4 Å². The molecule has 0 aromatic carbocycles. The van der Waals surface area contributed by atoms with Crippen molar-refractivity contribution in [3.05, 3.63) is 23.7 Å². The molecule has 0 atom stereocenters. The minimum Gasteiger partial charge on any atom is -0.299 e. The van der Waals surface area contributed by atoms with Gasteiger partial charge in [0.05, 0.1) is 6.42 Å². The average molecular weight is 269 g/mol. The molecular formula is C14H15N5O. The number of nitrogens with zero attached hydrogens (tertiary/aromatic N) is 5. The lowest BCUT2D eigenvalue weighted by molar-refractivity contribution is -0.117. The Labute approximate surface area is 116 Å². The SMILES string of the molecule is CN1C(=O)Cc2cc(-c3nc(C4CC4)n(C)n3)cnc21. The van der Waals surface area contributed by atoms with Crippen LogP contribution in [-0.4, -0.2) is 32.7 Å². The van der Waals surface area contributed by atoms with Crippen molar-refractivity contribution in [3.63, 3.8) is 0 Å². The maximum atomic E-state index is 11.7. The van der Waals surface area contributed by atoms with E-state index in [2.05, 4.69) is 15.1 Å². The molecule has 1 aliphatic carbocycles. The highest BCUT2D eigenvalue weighted by molar-refractivity contribution is 6.00. The smallest absolute Gasteiger partial charge is 0.232 e. The number of aryl methyl sites for hydroxylation is 1. The first-order valence-electron chi connectivity index (χ1n) is 6.80. The number of rotatable bonds is 2. The first-order valence-corrected chi connectivity index (χ1v) is 6.80. The summed E-state index contributed by atoms with van der Waals surface area (Å²) in [4.78, 5) is 22.3. The van der Waals surface area contributed by atoms with Crippen LogP contribution < -0.4 is 4.90 Å². The number of hydrogen-bond donors (Lipinski definition) is 0. The molecule has 0 bridgehead atoms. The Hall–Kier alpha value is -2.24. The van der Waals surface area contributed by atoms with E-state index in [9.17, 15) is 4.79 Å². The molecule has 2 aromatic heterocycles. The summed E-state index contributed by atoms with van der Waals surface area (Å²) in [5, 5.41) is 4.47. The van der Waals surface area contributed by atoms with Crippen LogP contribution in [0.1, 0.15) is 30.1 Å². The van der Waals surface area contributed by atoms with Gasteiger partial charge < -0.3 is 0 Å². The normalized spacial score (nSPS) is 17.7. The zero-order valence-corrected chi connectivity index (χ0v) is 11.5. The number of likely N-dealkylation sites (N-methyl/N-ethyl adjacent to an activating group) is 1. The molecule has 1 saturated carbocycles. The highest BCUT2D eigenvalue weighted by Gasteiger charge is 2.30. The number of pyridine rings is 1. The number of hydrogen-bond acceptors (Lipinski definition) is 4. The number of fused-ring (bicyclic) bond motifs is 1. The summed E-state index contributed by atoms with van der Waals surface area (Å²) in [5.74, 6) is 3.14. The maximum absolute atomic E-state index is 11.7. The third-order valence-corrected chi connectivity index (χ3v) is 3.97. The van der Waals surface area contributed by atoms with Gasteiger partial charge in [-0.25, -0.2) is 9.97 Å². The molecule has 0 spiro atoms. The topological polar surface area (TPSA) is 63.9 Å². The standard InChI is InChI=1S/C14H15N5O/c1-18-11(20)6-9-5-10(7-15-13(9)18)12-16-14(8-3-4-8)19(2)17-12/h5,7-8H,3-4,6H2,1-2H3. The first kappa shape index (κ1) is 11.6. The van der Waals surface area contributed by atoms with Crippen molar-refractivity contribution in [1.29, 1.82) is 0 Å². The van der Waals surface area contributed by atoms with Crippen LogP contribution >= 0.6 is 0 Å². The lowest BCUT2D eigenvalue weighted by atomic mass is 10.1. The van der Waals surface area contributed by atoms with E-state index >= 15 is 0 Å². The number of anilines is 1. The number of amides is 1. The van der Waals surface area contributed by atoms with E-state index in [0.717, 1.165) is 22.8 Å². The number of carbonyl (C=O) groups excluding carboxylic acids is 1. The highest BCUT2D eigenvalue weighted by atomic mass is 16.2. The largest absolute Gasteiger partial charge is 0.299 e. The number of aromatic nitrogens is 4. The predicted molar refractivity (Wildman–Crippen MR) is 73.3 cm³/mol. The van der Waals surface area contributed by atoms with Crippen LogP contribution in [0.4, 0.5) is 5.82 Å². The van der Waals surface area contributed by atoms with Crippen LogP contribution in [0.15, 0.2) is 12.3 Å². The van der Waals surface area contributed by atoms with E-state index < -0.39 is 0 Å². The third kappa shape index (κ3) is 1.64. The van der Waals surface area contributed by atoms with Crippen molar-refractivity contribution in [3.8, 4) is 11.4 Å². The molecule has 1 amide bonds. The molecule has 0 radical (unpaired) electrons. The lowest BCUT2D eigenvalue weighted by Gasteiger charge is -2.08. The second-order valence-corrected chi connectivity index (χ2v) is 5.53. The van der Waals surface area contributed by atoms with E-state index in [1.54, 1.807) is 18.1 Å². The summed E-state index contributed by atoms with van der Waals surface area (Å²) >= 11 is 0. The van der Waals surface area contributed by atoms with Crippen molar-refractivity contribution < 1.29 is 4.79 Å². The van der Waals surface area contributed by atoms with Gasteiger partial charge in [0.2, 0.25) is 5.91 Å². The van der Waals surface area contributed by atoms with Gasteiger partial charge >= 0.3 is 0 Å². The number of carbonyl (C=O) groups is 1. The van der Waals surface area contributed by atoms with Gasteiger partial charge in [-0.15, -0.1) is 0 Å². The zero-order valence-electron chi connectivity index (χ0n) is 11.5. The maximum Gasteiger partial charge on any atom is 0.232 e. The summed E-state index contributed by atoms with van der Waals surface area (Å²) in [6.07, 6.45) is 4.57. The van der Waals surface area contributed by atoms with Crippen LogP contribution in [0.3, 0.4) is 0 Å². The molecule has 3 heterocycles. The molecule has 6 nitrogen and oxygen atoms in total. The molecule has 0 unspecified atom stereocenters. The van der Waals surface area contributed by atoms with E-state index in [-0.39, 0.29) is 5.91 Å². The molecule has 2 aromatic rings. The molecule has 0 saturated heterocycles. The van der Waals surface area contributed by atoms with Crippen LogP contribution in [0.2, 0.25) is 0 Å². The summed E-state index contributed by atoms with van der Waals surface area (Å²) in [5.41, 5.74) is 1.84. The third-order valence-electron chi connectivity index (χ3n) is 3.97. The van der Waals surface area contributed by atoms with Crippen LogP contribution in [0.5, 0.6) is 0 Å². The van der Waals surface area contributed by atoms with Crippen molar-refractivity contribution >= 4 is 11.7 Å². The van der Waals surface area contributed by atoms with Crippen molar-refractivity contribution in [2.24, 2.45) is 7.05 Å². The minimum atomic E-state index is 0.0808. The van der Waals surface area contributed by atoms with Gasteiger partial charge in [0.25, 0.3) is 0 Å². The Balaban J connectivity index is 1.75. The quantitative estimate of drug-likeness (QED) is 0.823. The fourth-order valence-electron chi connectivity index (χ4n) is 2.67. The van der Waals surface area contributed by atoms with E-state index in [1.807, 2.05) is 17.8 Å². The second-order valence-electron chi connectivity index (χ2n) is 5.53. The van der Waals surface area contributed by atoms with Crippen LogP contribution in [0, 0.1) is 0 Å². The average Bonchev–Trinajstić information content (AvgIpc) is 3.14. The minimum absolute atomic E-state index is 0.0808. The van der Waals surface area contributed by atoms with Crippen LogP contribution in [0.25, 0.3) is 11.4 Å². The fourth-order valence-corrected chi connectivity index (χ4v) is 2.67. The summed E-state index contributed by atoms with van der Waals surface area (Å²) < 4.78 is 1.86. The Morgan fingerprint density at radius 1 is 1.30 bits per heavy atom. The Morgan fingerprint density at radius 3 is 2.85 bits per heavy atom. The summed E-state index contributed by atoms with van der Waals surface area (Å²) in [7, 11) is 3.69. The van der Waals surface area contributed by atoms with Gasteiger partial charge in [0, 0.05) is 37.3 Å². The lowest BCUT2D eigenvalue weighted by Crippen LogP contribution is -2.21. The second kappa shape index (κ2) is 3.88. The zero-order chi connectivity index (χ0) is 13.9. The van der Waals surface area contributed by atoms with Crippen molar-refractivity contribution in [1.82, 2.24) is 19.7 Å². The molecule has 1 aliphatic heterocycles. The van der Waals surface area contributed by atoms with Crippen molar-refractivity contribution in [2.45, 2.75) is 25.2 Å². The Bertz CT molecular complexity index is 716. The molecule has 0 N–H and O–H groups in total. The molecule has 102 valence electrons. The Morgan fingerprint density at radius 2 is 2.10 bits per heavy atom. The van der Waals surface area contributed by atoms with Gasteiger partial charge in [-0.2, -0.15) is 5.10 Å². The molecule has 1 fully saturated rings. The highest BCUT2D eigenvalue weighted by Crippen LogP contribution is 2.39. The van der Waals surface area contributed by atoms with E-state index in [1.165, 1.54) is 12.8 Å². The molecule has 6 heteroatoms. The Kier molecular flexibility index (Phi) is 2.24. The molecular weight excluding hydrogens is 254 g/mol. The van der Waals surface area contributed by atoms with Gasteiger partial charge in [0.1, 0.15) is 11.6 Å². The summed E-state index contributed by atoms with van der Waals surface area (Å²) in [6.45, 7) is 0. The van der Waals surface area contributed by atoms with E-state index in [4.69, 9.17) is 0 Å².